The first-order chi connectivity index (χ1) is 26.7. The number of phenols is 1. The smallest absolute Gasteiger partial charge is 0.296 e. The van der Waals surface area contributed by atoms with Crippen molar-refractivity contribution < 1.29 is 44.0 Å². The number of hydrogen-bond acceptors (Lipinski definition) is 16. The zero-order valence-corrected chi connectivity index (χ0v) is 33.0. The molecular weight excluding hydrogens is 844 g/mol. The number of aromatic nitrogens is 4. The van der Waals surface area contributed by atoms with Gasteiger partial charge in [-0.2, -0.15) is 45.3 Å². The highest BCUT2D eigenvalue weighted by Crippen LogP contribution is 2.46. The number of fused-ring (bicyclic) bond motifs is 2. The van der Waals surface area contributed by atoms with Crippen molar-refractivity contribution in [3.05, 3.63) is 95.3 Å². The molecular formula is C34H25ClN8O10S4. The number of anilines is 4. The van der Waals surface area contributed by atoms with Crippen LogP contribution in [0.25, 0.3) is 31.6 Å². The molecule has 0 aliphatic carbocycles. The number of aryl methyl sites for hydroxylation is 2. The second kappa shape index (κ2) is 14.7. The highest BCUT2D eigenvalue weighted by Gasteiger charge is 2.26. The van der Waals surface area contributed by atoms with Gasteiger partial charge in [0.2, 0.25) is 17.2 Å². The highest BCUT2D eigenvalue weighted by atomic mass is 35.5. The molecule has 0 saturated heterocycles. The normalized spacial score (nSPS) is 12.5. The van der Waals surface area contributed by atoms with E-state index in [0.29, 0.717) is 32.0 Å². The molecule has 7 aromatic rings. The quantitative estimate of drug-likeness (QED) is 0.0562. The van der Waals surface area contributed by atoms with Crippen LogP contribution in [-0.2, 0) is 30.4 Å². The predicted molar refractivity (Wildman–Crippen MR) is 212 cm³/mol. The third kappa shape index (κ3) is 8.38. The Labute approximate surface area is 332 Å². The molecule has 7 rings (SSSR count). The van der Waals surface area contributed by atoms with Gasteiger partial charge in [-0.1, -0.05) is 23.8 Å². The van der Waals surface area contributed by atoms with Crippen molar-refractivity contribution in [2.75, 3.05) is 10.6 Å². The molecule has 0 unspecified atom stereocenters. The molecule has 0 saturated carbocycles. The maximum atomic E-state index is 12.5. The minimum Gasteiger partial charge on any atom is -0.505 e. The number of aromatic hydroxyl groups is 1. The fourth-order valence-corrected chi connectivity index (χ4v) is 9.32. The van der Waals surface area contributed by atoms with Crippen LogP contribution in [0.15, 0.2) is 104 Å². The fourth-order valence-electron chi connectivity index (χ4n) is 5.64. The number of nitrogens with zero attached hydrogens (tertiary/aromatic N) is 6. The lowest BCUT2D eigenvalue weighted by Crippen LogP contribution is -2.06. The Morgan fingerprint density at radius 1 is 0.719 bits per heavy atom. The standard InChI is InChI=1S/C34H25ClN8O10S4/c1-16-3-8-21(9-4-16)42-43-27-25(56(48,49)50)14-19-13-22(55(45,46)47)15-24(26(19)28(27)44)38-34-40-32(35)39-33(41-34)36-20-10-6-18(7-11-20)31-37-23-12-5-17(2)30(29(23)54-31)57(51,52)53/h3-15,44H,1-2H3,(H,45,46,47)(H,48,49,50)(H,51,52,53)(H2,36,38,39,40,41). The lowest BCUT2D eigenvalue weighted by Gasteiger charge is -2.15. The molecule has 292 valence electrons. The minimum atomic E-state index is -5.09. The van der Waals surface area contributed by atoms with E-state index in [1.165, 1.54) is 0 Å². The third-order valence-corrected chi connectivity index (χ3v) is 12.4. The Morgan fingerprint density at radius 2 is 1.39 bits per heavy atom. The molecule has 2 heterocycles. The molecule has 5 aromatic carbocycles. The number of halogens is 1. The van der Waals surface area contributed by atoms with Gasteiger partial charge in [-0.15, -0.1) is 16.5 Å². The Balaban J connectivity index is 1.25. The summed E-state index contributed by atoms with van der Waals surface area (Å²) in [4.78, 5) is 15.0. The van der Waals surface area contributed by atoms with Crippen molar-refractivity contribution in [2.24, 2.45) is 10.2 Å². The van der Waals surface area contributed by atoms with E-state index in [0.717, 1.165) is 35.1 Å². The van der Waals surface area contributed by atoms with Crippen molar-refractivity contribution in [1.29, 1.82) is 0 Å². The Hall–Kier alpha value is -5.72. The molecule has 57 heavy (non-hydrogen) atoms. The summed E-state index contributed by atoms with van der Waals surface area (Å²) >= 11 is 7.31. The summed E-state index contributed by atoms with van der Waals surface area (Å²) in [7, 11) is -14.5. The van der Waals surface area contributed by atoms with Crippen LogP contribution in [0.5, 0.6) is 5.75 Å². The summed E-state index contributed by atoms with van der Waals surface area (Å²) in [6.45, 7) is 3.40. The van der Waals surface area contributed by atoms with Crippen LogP contribution in [0.3, 0.4) is 0 Å². The van der Waals surface area contributed by atoms with Crippen LogP contribution >= 0.6 is 22.9 Å². The summed E-state index contributed by atoms with van der Waals surface area (Å²) in [5.74, 6) is -1.26. The molecule has 2 aromatic heterocycles. The number of rotatable bonds is 10. The molecule has 0 bridgehead atoms. The summed E-state index contributed by atoms with van der Waals surface area (Å²) in [6.07, 6.45) is 0. The van der Waals surface area contributed by atoms with Gasteiger partial charge in [-0.25, -0.2) is 4.98 Å². The van der Waals surface area contributed by atoms with E-state index in [2.05, 4.69) is 40.8 Å². The van der Waals surface area contributed by atoms with Crippen LogP contribution in [0.2, 0.25) is 5.28 Å². The number of nitrogens with one attached hydrogen (secondary N) is 2. The average molecular weight is 869 g/mol. The molecule has 0 aliphatic rings. The van der Waals surface area contributed by atoms with Gasteiger partial charge >= 0.3 is 0 Å². The lowest BCUT2D eigenvalue weighted by molar-refractivity contribution is 0.472. The van der Waals surface area contributed by atoms with Gasteiger partial charge in [0, 0.05) is 16.6 Å². The van der Waals surface area contributed by atoms with Gasteiger partial charge in [0.25, 0.3) is 30.4 Å². The van der Waals surface area contributed by atoms with Gasteiger partial charge in [0.15, 0.2) is 5.75 Å². The Bertz CT molecular complexity index is 3150. The van der Waals surface area contributed by atoms with E-state index < -0.39 is 51.6 Å². The largest absolute Gasteiger partial charge is 0.505 e. The van der Waals surface area contributed by atoms with Crippen LogP contribution < -0.4 is 10.6 Å². The van der Waals surface area contributed by atoms with E-state index in [-0.39, 0.29) is 44.2 Å². The Morgan fingerprint density at radius 3 is 2.02 bits per heavy atom. The maximum absolute atomic E-state index is 12.5. The van der Waals surface area contributed by atoms with Crippen molar-refractivity contribution in [3.8, 4) is 16.3 Å². The molecule has 0 aliphatic heterocycles. The summed E-state index contributed by atoms with van der Waals surface area (Å²) < 4.78 is 104. The average Bonchev–Trinajstić information content (AvgIpc) is 3.54. The van der Waals surface area contributed by atoms with Gasteiger partial charge < -0.3 is 15.7 Å². The molecule has 0 amide bonds. The first-order valence-electron chi connectivity index (χ1n) is 16.0. The van der Waals surface area contributed by atoms with Gasteiger partial charge in [-0.3, -0.25) is 13.7 Å². The number of phenolic OH excluding ortho intramolecular Hbond substituents is 1. The zero-order chi connectivity index (χ0) is 41.0. The van der Waals surface area contributed by atoms with E-state index in [1.807, 2.05) is 6.92 Å². The van der Waals surface area contributed by atoms with Gasteiger partial charge in [-0.05, 0) is 97.1 Å². The van der Waals surface area contributed by atoms with Gasteiger partial charge in [0.1, 0.15) is 20.5 Å². The second-order valence-electron chi connectivity index (χ2n) is 12.3. The number of benzene rings is 5. The summed E-state index contributed by atoms with van der Waals surface area (Å²) in [5, 5.41) is 24.6. The van der Waals surface area contributed by atoms with Crippen molar-refractivity contribution in [1.82, 2.24) is 19.9 Å². The predicted octanol–water partition coefficient (Wildman–Crippen LogP) is 7.92. The topological polar surface area (TPSA) is 284 Å². The number of hydrogen-bond donors (Lipinski definition) is 6. The fraction of sp³-hybridized carbons (Fsp3) is 0.0588. The van der Waals surface area contributed by atoms with Crippen molar-refractivity contribution in [3.63, 3.8) is 0 Å². The third-order valence-electron chi connectivity index (χ3n) is 8.21. The Kier molecular flexibility index (Phi) is 10.2. The van der Waals surface area contributed by atoms with E-state index in [4.69, 9.17) is 11.6 Å². The van der Waals surface area contributed by atoms with Gasteiger partial charge in [0.05, 0.1) is 26.5 Å². The van der Waals surface area contributed by atoms with Crippen molar-refractivity contribution >= 4 is 109 Å². The zero-order valence-electron chi connectivity index (χ0n) is 28.9. The maximum Gasteiger partial charge on any atom is 0.296 e. The van der Waals surface area contributed by atoms with Crippen molar-refractivity contribution in [2.45, 2.75) is 28.5 Å². The first kappa shape index (κ1) is 39.5. The van der Waals surface area contributed by atoms with Crippen LogP contribution in [0.4, 0.5) is 34.6 Å². The summed E-state index contributed by atoms with van der Waals surface area (Å²) in [5.41, 5.74) is 2.05. The monoisotopic (exact) mass is 868 g/mol. The summed E-state index contributed by atoms with van der Waals surface area (Å²) in [6, 6.07) is 19.1. The number of azo groups is 1. The van der Waals surface area contributed by atoms with Crippen LogP contribution in [-0.4, -0.2) is 64.0 Å². The lowest BCUT2D eigenvalue weighted by atomic mass is 10.1. The second-order valence-corrected chi connectivity index (χ2v) is 17.8. The minimum absolute atomic E-state index is 0.112. The van der Waals surface area contributed by atoms with Crippen LogP contribution in [0.1, 0.15) is 11.1 Å². The molecule has 23 heteroatoms. The SMILES string of the molecule is Cc1ccc(N=Nc2c(S(=O)(=O)O)cc3cc(S(=O)(=O)O)cc(Nc4nc(Cl)nc(Nc5ccc(-c6nc7ccc(C)c(S(=O)(=O)O)c7s6)cc5)n4)c3c2O)cc1. The molecule has 6 N–H and O–H groups in total. The van der Waals surface area contributed by atoms with E-state index in [9.17, 15) is 44.0 Å². The number of thiazole rings is 1. The molecule has 0 atom stereocenters. The molecule has 18 nitrogen and oxygen atoms in total. The molecule has 0 spiro atoms. The van der Waals surface area contributed by atoms with E-state index >= 15 is 0 Å². The first-order valence-corrected chi connectivity index (χ1v) is 21.5. The highest BCUT2D eigenvalue weighted by molar-refractivity contribution is 7.86. The molecule has 0 fully saturated rings. The molecule has 0 radical (unpaired) electrons. The van der Waals surface area contributed by atoms with Crippen LogP contribution in [0, 0.1) is 13.8 Å². The van der Waals surface area contributed by atoms with E-state index in [1.54, 1.807) is 67.6 Å².